The number of fused-ring (bicyclic) bond motifs is 1. The first-order valence-electron chi connectivity index (χ1n) is 4.91. The predicted molar refractivity (Wildman–Crippen MR) is 66.6 cm³/mol. The highest BCUT2D eigenvalue weighted by Crippen LogP contribution is 2.23. The topological polar surface area (TPSA) is 30.7 Å². The van der Waals surface area contributed by atoms with E-state index in [2.05, 4.69) is 26.0 Å². The van der Waals surface area contributed by atoms with Crippen molar-refractivity contribution in [1.29, 1.82) is 0 Å². The number of rotatable bonds is 1. The average molecular weight is 274 g/mol. The highest BCUT2D eigenvalue weighted by Gasteiger charge is 2.09. The maximum Gasteiger partial charge on any atom is 0.164 e. The van der Waals surface area contributed by atoms with E-state index in [0.29, 0.717) is 0 Å². The van der Waals surface area contributed by atoms with E-state index in [-0.39, 0.29) is 0 Å². The van der Waals surface area contributed by atoms with Crippen LogP contribution in [-0.2, 0) is 0 Å². The van der Waals surface area contributed by atoms with Crippen LogP contribution in [0.1, 0.15) is 0 Å². The van der Waals surface area contributed by atoms with Crippen molar-refractivity contribution in [2.24, 2.45) is 0 Å². The van der Waals surface area contributed by atoms with Crippen LogP contribution in [0.2, 0.25) is 0 Å². The van der Waals surface area contributed by atoms with Gasteiger partial charge in [0.2, 0.25) is 0 Å². The Morgan fingerprint density at radius 3 is 2.62 bits per heavy atom. The average Bonchev–Trinajstić information content (AvgIpc) is 2.69. The summed E-state index contributed by atoms with van der Waals surface area (Å²) in [7, 11) is 0. The molecule has 2 aromatic heterocycles. The van der Waals surface area contributed by atoms with Crippen LogP contribution < -0.4 is 0 Å². The summed E-state index contributed by atoms with van der Waals surface area (Å²) in [5, 5.41) is 5.45. The Morgan fingerprint density at radius 1 is 1.00 bits per heavy atom. The summed E-state index contributed by atoms with van der Waals surface area (Å²) in [6.45, 7) is 0. The lowest BCUT2D eigenvalue weighted by molar-refractivity contribution is 0.886. The molecule has 0 aliphatic carbocycles. The molecule has 0 saturated carbocycles. The number of benzene rings is 1. The molecule has 78 valence electrons. The van der Waals surface area contributed by atoms with Crippen molar-refractivity contribution in [1.82, 2.24) is 14.8 Å². The molecule has 3 rings (SSSR count). The lowest BCUT2D eigenvalue weighted by Crippen LogP contribution is -1.96. The molecular weight excluding hydrogens is 266 g/mol. The van der Waals surface area contributed by atoms with Crippen molar-refractivity contribution in [3.63, 3.8) is 0 Å². The van der Waals surface area contributed by atoms with E-state index in [9.17, 15) is 0 Å². The zero-order valence-corrected chi connectivity index (χ0v) is 9.92. The minimum Gasteiger partial charge on any atom is -0.236 e. The molecular formula is C12H8BrN3. The van der Waals surface area contributed by atoms with E-state index in [4.69, 9.17) is 0 Å². The fourth-order valence-corrected chi connectivity index (χ4v) is 2.13. The van der Waals surface area contributed by atoms with Gasteiger partial charge in [-0.25, -0.2) is 9.67 Å². The zero-order chi connectivity index (χ0) is 11.0. The number of para-hydroxylation sites is 1. The first kappa shape index (κ1) is 9.54. The maximum absolute atomic E-state index is 4.43. The van der Waals surface area contributed by atoms with Gasteiger partial charge in [-0.05, 0) is 40.2 Å². The molecule has 0 fully saturated rings. The molecule has 0 unspecified atom stereocenters. The number of hydrogen-bond acceptors (Lipinski definition) is 2. The Labute approximate surface area is 101 Å². The Morgan fingerprint density at radius 2 is 1.81 bits per heavy atom. The van der Waals surface area contributed by atoms with Gasteiger partial charge in [-0.2, -0.15) is 5.10 Å². The molecule has 16 heavy (non-hydrogen) atoms. The smallest absolute Gasteiger partial charge is 0.164 e. The fourth-order valence-electron chi connectivity index (χ4n) is 1.67. The van der Waals surface area contributed by atoms with Crippen LogP contribution >= 0.6 is 15.9 Å². The van der Waals surface area contributed by atoms with Gasteiger partial charge < -0.3 is 0 Å². The maximum atomic E-state index is 4.43. The molecule has 0 aliphatic rings. The number of hydrogen-bond donors (Lipinski definition) is 0. The molecule has 1 aromatic carbocycles. The van der Waals surface area contributed by atoms with Crippen LogP contribution in [-0.4, -0.2) is 14.8 Å². The molecule has 0 saturated heterocycles. The molecule has 0 bridgehead atoms. The second kappa shape index (κ2) is 3.72. The predicted octanol–water partition coefficient (Wildman–Crippen LogP) is 3.18. The molecule has 0 atom stereocenters. The van der Waals surface area contributed by atoms with Crippen LogP contribution in [0.5, 0.6) is 0 Å². The van der Waals surface area contributed by atoms with Crippen LogP contribution in [0.15, 0.2) is 53.3 Å². The summed E-state index contributed by atoms with van der Waals surface area (Å²) in [4.78, 5) is 4.35. The lowest BCUT2D eigenvalue weighted by atomic mass is 10.3. The minimum atomic E-state index is 0.819. The molecule has 0 radical (unpaired) electrons. The van der Waals surface area contributed by atoms with Gasteiger partial charge in [0.1, 0.15) is 4.60 Å². The van der Waals surface area contributed by atoms with Gasteiger partial charge >= 0.3 is 0 Å². The van der Waals surface area contributed by atoms with Gasteiger partial charge in [-0.3, -0.25) is 0 Å². The monoisotopic (exact) mass is 273 g/mol. The number of aromatic nitrogens is 3. The van der Waals surface area contributed by atoms with Crippen LogP contribution in [0, 0.1) is 0 Å². The fraction of sp³-hybridized carbons (Fsp3) is 0. The van der Waals surface area contributed by atoms with Crippen molar-refractivity contribution in [3.05, 3.63) is 53.3 Å². The second-order valence-electron chi connectivity index (χ2n) is 3.41. The van der Waals surface area contributed by atoms with Gasteiger partial charge in [0, 0.05) is 6.20 Å². The first-order valence-corrected chi connectivity index (χ1v) is 5.70. The molecule has 0 amide bonds. The Bertz CT molecular complexity index is 631. The van der Waals surface area contributed by atoms with Gasteiger partial charge in [0.25, 0.3) is 0 Å². The van der Waals surface area contributed by atoms with Crippen molar-refractivity contribution < 1.29 is 0 Å². The Balaban J connectivity index is 2.33. The first-order chi connectivity index (χ1) is 7.86. The van der Waals surface area contributed by atoms with Gasteiger partial charge in [0.05, 0.1) is 11.1 Å². The largest absolute Gasteiger partial charge is 0.236 e. The van der Waals surface area contributed by atoms with E-state index in [1.54, 1.807) is 6.20 Å². The summed E-state index contributed by atoms with van der Waals surface area (Å²) < 4.78 is 2.65. The van der Waals surface area contributed by atoms with Gasteiger partial charge in [-0.1, -0.05) is 18.2 Å². The summed E-state index contributed by atoms with van der Waals surface area (Å²) in [6.07, 6.45) is 1.77. The standard InChI is InChI=1S/C12H8BrN3/c13-11-10-7-4-8-14-12(10)16(15-11)9-5-2-1-3-6-9/h1-8H. The highest BCUT2D eigenvalue weighted by molar-refractivity contribution is 9.10. The van der Waals surface area contributed by atoms with Crippen molar-refractivity contribution in [2.45, 2.75) is 0 Å². The SMILES string of the molecule is Brc1nn(-c2ccccc2)c2ncccc12. The second-order valence-corrected chi connectivity index (χ2v) is 4.16. The van der Waals surface area contributed by atoms with Crippen LogP contribution in [0.25, 0.3) is 16.7 Å². The molecule has 0 spiro atoms. The van der Waals surface area contributed by atoms with Gasteiger partial charge in [-0.15, -0.1) is 0 Å². The molecule has 2 heterocycles. The lowest BCUT2D eigenvalue weighted by Gasteiger charge is -2.00. The van der Waals surface area contributed by atoms with Crippen molar-refractivity contribution >= 4 is 27.0 Å². The third-order valence-electron chi connectivity index (χ3n) is 2.40. The number of pyridine rings is 1. The van der Waals surface area contributed by atoms with Gasteiger partial charge in [0.15, 0.2) is 5.65 Å². The number of halogens is 1. The highest BCUT2D eigenvalue weighted by atomic mass is 79.9. The Hall–Kier alpha value is -1.68. The molecule has 3 aromatic rings. The van der Waals surface area contributed by atoms with E-state index in [1.165, 1.54) is 0 Å². The summed E-state index contributed by atoms with van der Waals surface area (Å²) in [5.41, 5.74) is 1.87. The van der Waals surface area contributed by atoms with Crippen LogP contribution in [0.4, 0.5) is 0 Å². The van der Waals surface area contributed by atoms with E-state index >= 15 is 0 Å². The van der Waals surface area contributed by atoms with Crippen molar-refractivity contribution in [2.75, 3.05) is 0 Å². The summed E-state index contributed by atoms with van der Waals surface area (Å²) in [5.74, 6) is 0. The Kier molecular flexibility index (Phi) is 2.22. The van der Waals surface area contributed by atoms with E-state index in [0.717, 1.165) is 21.3 Å². The van der Waals surface area contributed by atoms with Crippen LogP contribution in [0.3, 0.4) is 0 Å². The number of nitrogens with zero attached hydrogens (tertiary/aromatic N) is 3. The van der Waals surface area contributed by atoms with E-state index in [1.807, 2.05) is 47.1 Å². The van der Waals surface area contributed by atoms with Crippen molar-refractivity contribution in [3.8, 4) is 5.69 Å². The summed E-state index contributed by atoms with van der Waals surface area (Å²) in [6, 6.07) is 13.9. The summed E-state index contributed by atoms with van der Waals surface area (Å²) >= 11 is 3.44. The quantitative estimate of drug-likeness (QED) is 0.682. The minimum absolute atomic E-state index is 0.819. The third-order valence-corrected chi connectivity index (χ3v) is 2.98. The molecule has 4 heteroatoms. The molecule has 0 N–H and O–H groups in total. The normalized spacial score (nSPS) is 10.8. The zero-order valence-electron chi connectivity index (χ0n) is 8.34. The third kappa shape index (κ3) is 1.42. The molecule has 3 nitrogen and oxygen atoms in total. The molecule has 0 aliphatic heterocycles. The van der Waals surface area contributed by atoms with E-state index < -0.39 is 0 Å².